The molecule has 0 aromatic heterocycles. The number of amides is 4. The number of anilines is 4. The first-order valence-corrected chi connectivity index (χ1v) is 19.7. The molecule has 0 bridgehead atoms. The van der Waals surface area contributed by atoms with Crippen molar-refractivity contribution in [3.05, 3.63) is 117 Å². The maximum atomic E-state index is 14.5. The monoisotopic (exact) mass is 774 g/mol. The lowest BCUT2D eigenvalue weighted by molar-refractivity contribution is 0.0956. The summed E-state index contributed by atoms with van der Waals surface area (Å²) in [7, 11) is 0. The van der Waals surface area contributed by atoms with Crippen LogP contribution in [0, 0.1) is 0 Å². The van der Waals surface area contributed by atoms with Crippen molar-refractivity contribution in [2.75, 3.05) is 10.6 Å². The Kier molecular flexibility index (Phi) is 10.0. The molecule has 10 nitrogen and oxygen atoms in total. The van der Waals surface area contributed by atoms with Crippen LogP contribution < -0.4 is 33.6 Å². The highest BCUT2D eigenvalue weighted by Gasteiger charge is 2.36. The van der Waals surface area contributed by atoms with Crippen LogP contribution in [0.25, 0.3) is 43.1 Å². The Hall–Kier alpha value is -6.68. The smallest absolute Gasteiger partial charge is 0.251 e. The molecule has 0 aliphatic heterocycles. The molecule has 10 heteroatoms. The van der Waals surface area contributed by atoms with Gasteiger partial charge in [-0.05, 0) is 67.5 Å². The van der Waals surface area contributed by atoms with E-state index < -0.39 is 34.8 Å². The average Bonchev–Trinajstić information content (AvgIpc) is 3.15. The predicted octanol–water partition coefficient (Wildman–Crippen LogP) is 10.1. The molecule has 7 aromatic rings. The third kappa shape index (κ3) is 6.11. The van der Waals surface area contributed by atoms with Crippen LogP contribution >= 0.6 is 0 Å². The summed E-state index contributed by atoms with van der Waals surface area (Å²) >= 11 is 0. The van der Waals surface area contributed by atoms with Crippen LogP contribution in [0.5, 0.6) is 0 Å². The molecule has 0 radical (unpaired) electrons. The molecule has 0 atom stereocenters. The van der Waals surface area contributed by atoms with Crippen molar-refractivity contribution < 1.29 is 19.2 Å². The summed E-state index contributed by atoms with van der Waals surface area (Å²) in [6.07, 6.45) is 0. The van der Waals surface area contributed by atoms with Crippen molar-refractivity contribution in [1.29, 1.82) is 0 Å². The largest absolute Gasteiger partial charge is 0.366 e. The fraction of sp³-hybridized carbons (Fsp3) is 0.250. The van der Waals surface area contributed by atoms with Gasteiger partial charge in [-0.2, -0.15) is 0 Å². The van der Waals surface area contributed by atoms with Crippen LogP contribution in [0.1, 0.15) is 143 Å². The van der Waals surface area contributed by atoms with E-state index in [1.54, 1.807) is 0 Å². The molecule has 7 rings (SSSR count). The number of rotatable bonds is 12. The zero-order chi connectivity index (χ0) is 42.1. The van der Waals surface area contributed by atoms with Gasteiger partial charge in [0.15, 0.2) is 0 Å². The first-order chi connectivity index (χ1) is 27.5. The van der Waals surface area contributed by atoms with Crippen molar-refractivity contribution in [1.82, 2.24) is 0 Å². The van der Waals surface area contributed by atoms with Gasteiger partial charge in [-0.25, -0.2) is 0 Å². The highest BCUT2D eigenvalue weighted by molar-refractivity contribution is 6.44. The SMILES string of the molecule is CC(C)c1cccc(C(C)C)c1Nc1c(C(N)=O)c2c(C(N)=O)c(C(N)=O)c(C(N)=O)c3c4cccc5cccc(c(c1Nc1c(C(C)C)cccc1C(C)C)c23)c54. The van der Waals surface area contributed by atoms with Crippen LogP contribution in [0.4, 0.5) is 22.7 Å². The lowest BCUT2D eigenvalue weighted by Crippen LogP contribution is -2.28. The third-order valence-electron chi connectivity index (χ3n) is 11.4. The summed E-state index contributed by atoms with van der Waals surface area (Å²) in [6, 6.07) is 23.8. The standard InChI is InChI=1S/C48H50N6O4/c1-21(2)26-15-11-16-27(22(3)4)41(26)53-43-34-31-20-10-14-25-13-9-19-30(32(25)31)33-35(34)36(38(46(50)56)39(47(51)57)37(33)45(49)55)40(48(52)58)44(43)54-42-28(23(5)6)17-12-18-29(42)24(7)8/h9-24,53-54H,1-8H3,(H2,49,55)(H2,50,56)(H2,51,57)(H2,52,58). The van der Waals surface area contributed by atoms with Gasteiger partial charge < -0.3 is 33.6 Å². The van der Waals surface area contributed by atoms with E-state index in [0.29, 0.717) is 21.8 Å². The second-order valence-corrected chi connectivity index (χ2v) is 16.4. The molecule has 0 heterocycles. The third-order valence-corrected chi connectivity index (χ3v) is 11.4. The number of carbonyl (C=O) groups excluding carboxylic acids is 4. The molecule has 10 N–H and O–H groups in total. The van der Waals surface area contributed by atoms with Gasteiger partial charge in [-0.15, -0.1) is 0 Å². The van der Waals surface area contributed by atoms with Gasteiger partial charge in [0, 0.05) is 32.9 Å². The zero-order valence-corrected chi connectivity index (χ0v) is 34.2. The Balaban J connectivity index is 1.89. The van der Waals surface area contributed by atoms with Gasteiger partial charge in [0.2, 0.25) is 17.7 Å². The van der Waals surface area contributed by atoms with E-state index in [1.165, 1.54) is 0 Å². The van der Waals surface area contributed by atoms with Gasteiger partial charge in [0.05, 0.1) is 33.6 Å². The maximum absolute atomic E-state index is 14.5. The van der Waals surface area contributed by atoms with E-state index in [9.17, 15) is 19.2 Å². The average molecular weight is 775 g/mol. The van der Waals surface area contributed by atoms with Crippen LogP contribution in [-0.4, -0.2) is 23.6 Å². The van der Waals surface area contributed by atoms with Gasteiger partial charge in [-0.1, -0.05) is 128 Å². The lowest BCUT2D eigenvalue weighted by atomic mass is 9.79. The number of primary amides is 4. The molecule has 0 aliphatic carbocycles. The summed E-state index contributed by atoms with van der Waals surface area (Å²) in [6.45, 7) is 16.9. The maximum Gasteiger partial charge on any atom is 0.251 e. The van der Waals surface area contributed by atoms with E-state index in [2.05, 4.69) is 78.2 Å². The minimum Gasteiger partial charge on any atom is -0.366 e. The van der Waals surface area contributed by atoms with Crippen LogP contribution in [0.2, 0.25) is 0 Å². The van der Waals surface area contributed by atoms with Crippen molar-refractivity contribution in [2.24, 2.45) is 22.9 Å². The molecule has 0 saturated heterocycles. The molecular formula is C48H50N6O4. The molecular weight excluding hydrogens is 725 g/mol. The van der Waals surface area contributed by atoms with Crippen molar-refractivity contribution in [3.63, 3.8) is 0 Å². The normalized spacial score (nSPS) is 11.9. The predicted molar refractivity (Wildman–Crippen MR) is 238 cm³/mol. The van der Waals surface area contributed by atoms with E-state index in [1.807, 2.05) is 60.7 Å². The van der Waals surface area contributed by atoms with Crippen molar-refractivity contribution >= 4 is 89.5 Å². The Bertz CT molecular complexity index is 2810. The summed E-state index contributed by atoms with van der Waals surface area (Å²) in [4.78, 5) is 55.8. The Morgan fingerprint density at radius 1 is 0.379 bits per heavy atom. The summed E-state index contributed by atoms with van der Waals surface area (Å²) < 4.78 is 0. The second kappa shape index (κ2) is 14.7. The number of fused-ring (bicyclic) bond motifs is 2. The quantitative estimate of drug-likeness (QED) is 0.0527. The fourth-order valence-electron chi connectivity index (χ4n) is 8.92. The first-order valence-electron chi connectivity index (χ1n) is 19.7. The molecule has 0 spiro atoms. The van der Waals surface area contributed by atoms with Gasteiger partial charge in [0.1, 0.15) is 0 Å². The van der Waals surface area contributed by atoms with E-state index in [-0.39, 0.29) is 51.3 Å². The first kappa shape index (κ1) is 39.6. The Morgan fingerprint density at radius 2 is 0.741 bits per heavy atom. The van der Waals surface area contributed by atoms with Gasteiger partial charge >= 0.3 is 0 Å². The summed E-state index contributed by atoms with van der Waals surface area (Å²) in [5.41, 5.74) is 30.1. The topological polar surface area (TPSA) is 196 Å². The number of hydrogen-bond donors (Lipinski definition) is 6. The number of hydrogen-bond acceptors (Lipinski definition) is 6. The molecule has 0 saturated carbocycles. The van der Waals surface area contributed by atoms with Gasteiger partial charge in [0.25, 0.3) is 5.91 Å². The lowest BCUT2D eigenvalue weighted by Gasteiger charge is -2.30. The molecule has 58 heavy (non-hydrogen) atoms. The highest BCUT2D eigenvalue weighted by Crippen LogP contribution is 2.53. The Morgan fingerprint density at radius 3 is 1.14 bits per heavy atom. The molecule has 7 aromatic carbocycles. The van der Waals surface area contributed by atoms with Crippen LogP contribution in [0.15, 0.2) is 72.8 Å². The molecule has 4 amide bonds. The second-order valence-electron chi connectivity index (χ2n) is 16.4. The minimum atomic E-state index is -1.11. The zero-order valence-electron chi connectivity index (χ0n) is 34.2. The molecule has 296 valence electrons. The van der Waals surface area contributed by atoms with Crippen molar-refractivity contribution in [2.45, 2.75) is 79.1 Å². The molecule has 0 fully saturated rings. The number of para-hydroxylation sites is 2. The molecule has 0 unspecified atom stereocenters. The van der Waals surface area contributed by atoms with Crippen molar-refractivity contribution in [3.8, 4) is 0 Å². The number of nitrogens with one attached hydrogen (secondary N) is 2. The summed E-state index contributed by atoms with van der Waals surface area (Å²) in [5.74, 6) is -3.82. The van der Waals surface area contributed by atoms with E-state index >= 15 is 0 Å². The number of carbonyl (C=O) groups is 4. The number of nitrogens with two attached hydrogens (primary N) is 4. The van der Waals surface area contributed by atoms with E-state index in [0.717, 1.165) is 49.8 Å². The minimum absolute atomic E-state index is 0.00212. The van der Waals surface area contributed by atoms with Crippen LogP contribution in [0.3, 0.4) is 0 Å². The van der Waals surface area contributed by atoms with E-state index in [4.69, 9.17) is 22.9 Å². The number of benzene rings is 7. The summed E-state index contributed by atoms with van der Waals surface area (Å²) in [5, 5.41) is 11.7. The highest BCUT2D eigenvalue weighted by atomic mass is 16.2. The van der Waals surface area contributed by atoms with Gasteiger partial charge in [-0.3, -0.25) is 19.2 Å². The molecule has 0 aliphatic rings. The Labute approximate surface area is 337 Å². The van der Waals surface area contributed by atoms with Crippen LogP contribution in [-0.2, 0) is 0 Å². The fourth-order valence-corrected chi connectivity index (χ4v) is 8.92.